The maximum atomic E-state index is 11.5. The van der Waals surface area contributed by atoms with E-state index in [0.29, 0.717) is 28.3 Å². The number of nitrogens with one attached hydrogen (secondary N) is 1. The molecule has 1 aliphatic carbocycles. The highest BCUT2D eigenvalue weighted by Crippen LogP contribution is 2.73. The molecule has 2 fully saturated rings. The summed E-state index contributed by atoms with van der Waals surface area (Å²) in [5.41, 5.74) is 0.628. The first-order chi connectivity index (χ1) is 7.86. The molecule has 2 rings (SSSR count). The van der Waals surface area contributed by atoms with Gasteiger partial charge in [0.2, 0.25) is 0 Å². The van der Waals surface area contributed by atoms with Crippen molar-refractivity contribution in [2.75, 3.05) is 24.6 Å². The molecule has 1 unspecified atom stereocenters. The van der Waals surface area contributed by atoms with Crippen LogP contribution in [-0.4, -0.2) is 33.0 Å². The first kappa shape index (κ1) is 13.3. The highest BCUT2D eigenvalue weighted by Gasteiger charge is 2.70. The summed E-state index contributed by atoms with van der Waals surface area (Å²) in [6.45, 7) is 8.92. The van der Waals surface area contributed by atoms with Gasteiger partial charge in [-0.05, 0) is 49.1 Å². The van der Waals surface area contributed by atoms with Crippen LogP contribution in [0.5, 0.6) is 0 Å². The molecule has 1 spiro atoms. The lowest BCUT2D eigenvalue weighted by Gasteiger charge is -2.25. The quantitative estimate of drug-likeness (QED) is 0.784. The third kappa shape index (κ3) is 2.14. The smallest absolute Gasteiger partial charge is 0.150 e. The van der Waals surface area contributed by atoms with Crippen LogP contribution in [-0.2, 0) is 9.84 Å². The van der Waals surface area contributed by atoms with Crippen molar-refractivity contribution < 1.29 is 8.42 Å². The number of hydrogen-bond acceptors (Lipinski definition) is 3. The van der Waals surface area contributed by atoms with Crippen LogP contribution >= 0.6 is 0 Å². The molecule has 1 N–H and O–H groups in total. The van der Waals surface area contributed by atoms with Crippen LogP contribution in [0, 0.1) is 16.7 Å². The summed E-state index contributed by atoms with van der Waals surface area (Å²) < 4.78 is 23.1. The number of rotatable bonds is 4. The maximum absolute atomic E-state index is 11.5. The van der Waals surface area contributed by atoms with Gasteiger partial charge in [-0.2, -0.15) is 0 Å². The van der Waals surface area contributed by atoms with Crippen LogP contribution in [0.3, 0.4) is 0 Å². The minimum absolute atomic E-state index is 0.305. The molecule has 2 aliphatic rings. The van der Waals surface area contributed by atoms with Crippen LogP contribution in [0.1, 0.15) is 40.0 Å². The molecule has 0 aromatic rings. The summed E-state index contributed by atoms with van der Waals surface area (Å²) in [7, 11) is -2.73. The topological polar surface area (TPSA) is 46.2 Å². The first-order valence-corrected chi connectivity index (χ1v) is 8.59. The monoisotopic (exact) mass is 259 g/mol. The minimum Gasteiger partial charge on any atom is -0.316 e. The molecule has 0 aromatic carbocycles. The van der Waals surface area contributed by atoms with Crippen LogP contribution in [0.2, 0.25) is 0 Å². The molecule has 0 radical (unpaired) electrons. The van der Waals surface area contributed by atoms with Gasteiger partial charge in [-0.15, -0.1) is 0 Å². The Morgan fingerprint density at radius 3 is 2.35 bits per heavy atom. The van der Waals surface area contributed by atoms with E-state index in [4.69, 9.17) is 0 Å². The Morgan fingerprint density at radius 1 is 1.24 bits per heavy atom. The summed E-state index contributed by atoms with van der Waals surface area (Å²) >= 11 is 0. The molecule has 100 valence electrons. The van der Waals surface area contributed by atoms with E-state index in [-0.39, 0.29) is 0 Å². The molecule has 1 heterocycles. The van der Waals surface area contributed by atoms with E-state index in [0.717, 1.165) is 32.4 Å². The average Bonchev–Trinajstić information content (AvgIpc) is 2.70. The SMILES string of the molecule is CCCNCC1C(C)(C)C12CCS(=O)(=O)CC2. The Kier molecular flexibility index (Phi) is 3.32. The first-order valence-electron chi connectivity index (χ1n) is 6.77. The largest absolute Gasteiger partial charge is 0.316 e. The Labute approximate surface area is 105 Å². The zero-order valence-electron chi connectivity index (χ0n) is 11.3. The predicted octanol–water partition coefficient (Wildman–Crippen LogP) is 1.84. The maximum Gasteiger partial charge on any atom is 0.150 e. The van der Waals surface area contributed by atoms with Gasteiger partial charge in [-0.25, -0.2) is 8.42 Å². The lowest BCUT2D eigenvalue weighted by Crippen LogP contribution is -2.29. The normalized spacial score (nSPS) is 32.5. The second-order valence-electron chi connectivity index (χ2n) is 6.29. The second kappa shape index (κ2) is 4.23. The summed E-state index contributed by atoms with van der Waals surface area (Å²) in [4.78, 5) is 0. The van der Waals surface area contributed by atoms with Crippen molar-refractivity contribution in [3.63, 3.8) is 0 Å². The van der Waals surface area contributed by atoms with Gasteiger partial charge < -0.3 is 5.32 Å². The Morgan fingerprint density at radius 2 is 1.82 bits per heavy atom. The van der Waals surface area contributed by atoms with Crippen LogP contribution in [0.25, 0.3) is 0 Å². The highest BCUT2D eigenvalue weighted by molar-refractivity contribution is 7.91. The number of sulfone groups is 1. The zero-order valence-corrected chi connectivity index (χ0v) is 12.1. The van der Waals surface area contributed by atoms with Gasteiger partial charge in [0.05, 0.1) is 11.5 Å². The van der Waals surface area contributed by atoms with E-state index in [2.05, 4.69) is 26.1 Å². The Hall–Kier alpha value is -0.0900. The molecule has 0 bridgehead atoms. The molecule has 3 nitrogen and oxygen atoms in total. The van der Waals surface area contributed by atoms with E-state index in [1.807, 2.05) is 0 Å². The van der Waals surface area contributed by atoms with Crippen molar-refractivity contribution in [2.24, 2.45) is 16.7 Å². The van der Waals surface area contributed by atoms with Gasteiger partial charge in [0, 0.05) is 0 Å². The fourth-order valence-electron chi connectivity index (χ4n) is 3.83. The van der Waals surface area contributed by atoms with E-state index >= 15 is 0 Å². The van der Waals surface area contributed by atoms with E-state index in [1.54, 1.807) is 0 Å². The summed E-state index contributed by atoms with van der Waals surface area (Å²) in [6.07, 6.45) is 2.91. The third-order valence-corrected chi connectivity index (χ3v) is 6.88. The average molecular weight is 259 g/mol. The summed E-state index contributed by atoms with van der Waals surface area (Å²) in [5, 5.41) is 3.50. The molecular formula is C13H25NO2S. The van der Waals surface area contributed by atoms with Crippen LogP contribution < -0.4 is 5.32 Å². The molecule has 1 atom stereocenters. The van der Waals surface area contributed by atoms with Crippen molar-refractivity contribution >= 4 is 9.84 Å². The fraction of sp³-hybridized carbons (Fsp3) is 1.00. The minimum atomic E-state index is -2.73. The fourth-order valence-corrected chi connectivity index (χ4v) is 5.39. The van der Waals surface area contributed by atoms with Crippen LogP contribution in [0.4, 0.5) is 0 Å². The molecule has 1 saturated carbocycles. The molecule has 0 aromatic heterocycles. The lowest BCUT2D eigenvalue weighted by molar-refractivity contribution is 0.341. The second-order valence-corrected chi connectivity index (χ2v) is 8.59. The molecule has 1 aliphatic heterocycles. The van der Waals surface area contributed by atoms with Crippen molar-refractivity contribution in [1.29, 1.82) is 0 Å². The molecule has 17 heavy (non-hydrogen) atoms. The molecule has 0 amide bonds. The molecular weight excluding hydrogens is 234 g/mol. The summed E-state index contributed by atoms with van der Waals surface area (Å²) in [5.74, 6) is 1.47. The highest BCUT2D eigenvalue weighted by atomic mass is 32.2. The predicted molar refractivity (Wildman–Crippen MR) is 70.8 cm³/mol. The molecule has 1 saturated heterocycles. The van der Waals surface area contributed by atoms with Crippen LogP contribution in [0.15, 0.2) is 0 Å². The van der Waals surface area contributed by atoms with Gasteiger partial charge in [-0.3, -0.25) is 0 Å². The number of hydrogen-bond donors (Lipinski definition) is 1. The zero-order chi connectivity index (χ0) is 12.7. The van der Waals surface area contributed by atoms with E-state index < -0.39 is 9.84 Å². The van der Waals surface area contributed by atoms with Gasteiger partial charge in [0.1, 0.15) is 9.84 Å². The Bertz CT molecular complexity index is 372. The molecule has 4 heteroatoms. The summed E-state index contributed by atoms with van der Waals surface area (Å²) in [6, 6.07) is 0. The van der Waals surface area contributed by atoms with Gasteiger partial charge in [0.15, 0.2) is 0 Å². The Balaban J connectivity index is 1.98. The van der Waals surface area contributed by atoms with Crippen molar-refractivity contribution in [1.82, 2.24) is 5.32 Å². The van der Waals surface area contributed by atoms with E-state index in [1.165, 1.54) is 0 Å². The third-order valence-electron chi connectivity index (χ3n) is 5.23. The lowest BCUT2D eigenvalue weighted by atomic mass is 9.90. The van der Waals surface area contributed by atoms with Gasteiger partial charge in [-0.1, -0.05) is 20.8 Å². The van der Waals surface area contributed by atoms with Crippen molar-refractivity contribution in [3.8, 4) is 0 Å². The van der Waals surface area contributed by atoms with Gasteiger partial charge >= 0.3 is 0 Å². The standard InChI is InChI=1S/C13H25NO2S/c1-4-7-14-10-11-12(2,3)13(11)5-8-17(15,16)9-6-13/h11,14H,4-10H2,1-3H3. The van der Waals surface area contributed by atoms with Crippen molar-refractivity contribution in [2.45, 2.75) is 40.0 Å². The van der Waals surface area contributed by atoms with E-state index in [9.17, 15) is 8.42 Å². The van der Waals surface area contributed by atoms with Crippen molar-refractivity contribution in [3.05, 3.63) is 0 Å². The van der Waals surface area contributed by atoms with Gasteiger partial charge in [0.25, 0.3) is 0 Å².